The Balaban J connectivity index is 2.36. The number of carbonyl (C=O) groups excluding carboxylic acids is 1. The van der Waals surface area contributed by atoms with Crippen LogP contribution in [0.4, 0.5) is 0 Å². The fourth-order valence-corrected chi connectivity index (χ4v) is 2.94. The summed E-state index contributed by atoms with van der Waals surface area (Å²) in [6.07, 6.45) is 9.04. The first-order valence-corrected chi connectivity index (χ1v) is 7.58. The summed E-state index contributed by atoms with van der Waals surface area (Å²) in [5.74, 6) is 0.494. The van der Waals surface area contributed by atoms with E-state index >= 15 is 0 Å². The molecule has 0 amide bonds. The lowest BCUT2D eigenvalue weighted by atomic mass is 9.79. The predicted molar refractivity (Wildman–Crippen MR) is 76.8 cm³/mol. The molecule has 1 unspecified atom stereocenters. The molecule has 0 saturated carbocycles. The summed E-state index contributed by atoms with van der Waals surface area (Å²) >= 11 is 0. The average Bonchev–Trinajstić information content (AvgIpc) is 2.38. The Kier molecular flexibility index (Phi) is 7.80. The molecule has 0 bridgehead atoms. The van der Waals surface area contributed by atoms with Gasteiger partial charge in [-0.05, 0) is 64.2 Å². The molecule has 1 aliphatic carbocycles. The van der Waals surface area contributed by atoms with E-state index in [1.54, 1.807) is 11.1 Å². The van der Waals surface area contributed by atoms with Crippen molar-refractivity contribution in [2.24, 2.45) is 5.92 Å². The maximum atomic E-state index is 10.7. The van der Waals surface area contributed by atoms with Crippen molar-refractivity contribution in [3.05, 3.63) is 11.1 Å². The molecule has 1 N–H and O–H groups in total. The van der Waals surface area contributed by atoms with Crippen molar-refractivity contribution in [3.8, 4) is 0 Å². The lowest BCUT2D eigenvalue weighted by Crippen LogP contribution is -2.12. The Morgan fingerprint density at radius 2 is 2.16 bits per heavy atom. The summed E-state index contributed by atoms with van der Waals surface area (Å²) in [4.78, 5) is 10.7. The largest absolute Gasteiger partial charge is 0.466 e. The second kappa shape index (κ2) is 9.13. The average molecular weight is 268 g/mol. The number of carbonyl (C=O) groups is 1. The minimum Gasteiger partial charge on any atom is -0.466 e. The highest BCUT2D eigenvalue weighted by Crippen LogP contribution is 2.35. The molecular formula is C16H28O3. The minimum absolute atomic E-state index is 0.180. The topological polar surface area (TPSA) is 46.5 Å². The Morgan fingerprint density at radius 3 is 2.84 bits per heavy atom. The number of unbranched alkanes of at least 4 members (excludes halogenated alkanes) is 1. The van der Waals surface area contributed by atoms with E-state index in [4.69, 9.17) is 9.84 Å². The summed E-state index contributed by atoms with van der Waals surface area (Å²) < 4.78 is 4.99. The Morgan fingerprint density at radius 1 is 1.37 bits per heavy atom. The summed E-state index contributed by atoms with van der Waals surface area (Å²) in [5.41, 5.74) is 3.17. The number of hydrogen-bond donors (Lipinski definition) is 1. The second-order valence-corrected chi connectivity index (χ2v) is 5.54. The molecule has 19 heavy (non-hydrogen) atoms. The number of aliphatic hydroxyl groups excluding tert-OH is 1. The van der Waals surface area contributed by atoms with Crippen LogP contribution in [0.15, 0.2) is 11.1 Å². The molecular weight excluding hydrogens is 240 g/mol. The van der Waals surface area contributed by atoms with E-state index in [0.717, 1.165) is 32.1 Å². The molecule has 3 nitrogen and oxygen atoms in total. The Bertz CT molecular complexity index is 307. The third-order valence-corrected chi connectivity index (χ3v) is 4.09. The highest BCUT2D eigenvalue weighted by Gasteiger charge is 2.19. The first-order valence-electron chi connectivity index (χ1n) is 7.58. The van der Waals surface area contributed by atoms with Gasteiger partial charge in [-0.1, -0.05) is 11.1 Å². The van der Waals surface area contributed by atoms with Gasteiger partial charge in [-0.3, -0.25) is 4.79 Å². The van der Waals surface area contributed by atoms with E-state index in [9.17, 15) is 4.79 Å². The molecule has 0 aromatic rings. The van der Waals surface area contributed by atoms with Crippen LogP contribution in [0, 0.1) is 5.92 Å². The fourth-order valence-electron chi connectivity index (χ4n) is 2.94. The highest BCUT2D eigenvalue weighted by atomic mass is 16.5. The normalized spacial score (nSPS) is 19.6. The van der Waals surface area contributed by atoms with Gasteiger partial charge in [-0.15, -0.1) is 0 Å². The minimum atomic E-state index is -0.180. The van der Waals surface area contributed by atoms with E-state index in [2.05, 4.69) is 6.92 Å². The lowest BCUT2D eigenvalue weighted by Gasteiger charge is -2.27. The second-order valence-electron chi connectivity index (χ2n) is 5.54. The molecule has 0 aromatic carbocycles. The quantitative estimate of drug-likeness (QED) is 0.415. The third-order valence-electron chi connectivity index (χ3n) is 4.09. The molecule has 0 radical (unpaired) electrons. The van der Waals surface area contributed by atoms with E-state index in [0.29, 0.717) is 19.1 Å². The van der Waals surface area contributed by atoms with Gasteiger partial charge in [0.05, 0.1) is 6.61 Å². The Labute approximate surface area is 117 Å². The first-order chi connectivity index (χ1) is 9.15. The van der Waals surface area contributed by atoms with Gasteiger partial charge in [0.25, 0.3) is 0 Å². The zero-order valence-electron chi connectivity index (χ0n) is 12.4. The van der Waals surface area contributed by atoms with Crippen molar-refractivity contribution < 1.29 is 14.6 Å². The maximum Gasteiger partial charge on any atom is 0.302 e. The number of aliphatic hydroxyl groups is 1. The molecule has 1 atom stereocenters. The molecule has 1 aliphatic rings. The van der Waals surface area contributed by atoms with Crippen LogP contribution in [-0.2, 0) is 9.53 Å². The fraction of sp³-hybridized carbons (Fsp3) is 0.812. The van der Waals surface area contributed by atoms with Crippen LogP contribution in [0.25, 0.3) is 0 Å². The van der Waals surface area contributed by atoms with E-state index in [-0.39, 0.29) is 5.97 Å². The zero-order chi connectivity index (χ0) is 14.1. The van der Waals surface area contributed by atoms with Gasteiger partial charge in [-0.25, -0.2) is 0 Å². The molecule has 0 aliphatic heterocycles. The van der Waals surface area contributed by atoms with Crippen LogP contribution >= 0.6 is 0 Å². The maximum absolute atomic E-state index is 10.7. The number of rotatable bonds is 8. The predicted octanol–water partition coefficient (Wildman–Crippen LogP) is 3.61. The zero-order valence-corrected chi connectivity index (χ0v) is 12.4. The molecule has 0 aromatic heterocycles. The molecule has 0 saturated heterocycles. The lowest BCUT2D eigenvalue weighted by molar-refractivity contribution is -0.141. The van der Waals surface area contributed by atoms with Crippen molar-refractivity contribution in [1.29, 1.82) is 0 Å². The van der Waals surface area contributed by atoms with Crippen molar-refractivity contribution in [2.45, 2.75) is 65.2 Å². The first kappa shape index (κ1) is 16.2. The third kappa shape index (κ3) is 6.24. The van der Waals surface area contributed by atoms with Crippen LogP contribution in [0.3, 0.4) is 0 Å². The summed E-state index contributed by atoms with van der Waals surface area (Å²) in [7, 11) is 0. The van der Waals surface area contributed by atoms with Crippen LogP contribution < -0.4 is 0 Å². The number of hydrogen-bond acceptors (Lipinski definition) is 3. The molecule has 0 fully saturated rings. The number of allylic oxidation sites excluding steroid dienone is 2. The standard InChI is InChI=1S/C16H28O3/c1-13-15(7-3-4-11-17)8-5-9-16(13)10-6-12-19-14(2)18/h16-17H,3-12H2,1-2H3. The van der Waals surface area contributed by atoms with Crippen LogP contribution in [0.5, 0.6) is 0 Å². The van der Waals surface area contributed by atoms with Gasteiger partial charge in [0, 0.05) is 13.5 Å². The highest BCUT2D eigenvalue weighted by molar-refractivity contribution is 5.65. The molecule has 0 spiro atoms. The van der Waals surface area contributed by atoms with Gasteiger partial charge in [0.2, 0.25) is 0 Å². The SMILES string of the molecule is CC(=O)OCCCC1CCCC(CCCCO)=C1C. The van der Waals surface area contributed by atoms with Gasteiger partial charge in [0.15, 0.2) is 0 Å². The Hall–Kier alpha value is -0.830. The summed E-state index contributed by atoms with van der Waals surface area (Å²) in [6, 6.07) is 0. The van der Waals surface area contributed by atoms with Crippen molar-refractivity contribution in [3.63, 3.8) is 0 Å². The molecule has 3 heteroatoms. The molecule has 110 valence electrons. The number of esters is 1. The van der Waals surface area contributed by atoms with Crippen molar-refractivity contribution in [1.82, 2.24) is 0 Å². The van der Waals surface area contributed by atoms with Crippen LogP contribution in [0.2, 0.25) is 0 Å². The van der Waals surface area contributed by atoms with E-state index in [1.807, 2.05) is 0 Å². The summed E-state index contributed by atoms with van der Waals surface area (Å²) in [5, 5.41) is 8.84. The van der Waals surface area contributed by atoms with Crippen LogP contribution in [-0.4, -0.2) is 24.3 Å². The smallest absolute Gasteiger partial charge is 0.302 e. The van der Waals surface area contributed by atoms with Crippen molar-refractivity contribution in [2.75, 3.05) is 13.2 Å². The summed E-state index contributed by atoms with van der Waals surface area (Å²) in [6.45, 7) is 4.59. The van der Waals surface area contributed by atoms with E-state index < -0.39 is 0 Å². The van der Waals surface area contributed by atoms with Gasteiger partial charge in [0.1, 0.15) is 0 Å². The number of ether oxygens (including phenoxy) is 1. The monoisotopic (exact) mass is 268 g/mol. The van der Waals surface area contributed by atoms with Gasteiger partial charge in [-0.2, -0.15) is 0 Å². The van der Waals surface area contributed by atoms with E-state index in [1.165, 1.54) is 26.2 Å². The van der Waals surface area contributed by atoms with Gasteiger partial charge >= 0.3 is 5.97 Å². The van der Waals surface area contributed by atoms with Crippen LogP contribution in [0.1, 0.15) is 65.2 Å². The van der Waals surface area contributed by atoms with Crippen molar-refractivity contribution >= 4 is 5.97 Å². The molecule has 0 heterocycles. The molecule has 1 rings (SSSR count). The van der Waals surface area contributed by atoms with Gasteiger partial charge < -0.3 is 9.84 Å².